The van der Waals surface area contributed by atoms with Crippen molar-refractivity contribution in [2.24, 2.45) is 0 Å². The third-order valence-corrected chi connectivity index (χ3v) is 4.60. The van der Waals surface area contributed by atoms with Crippen LogP contribution in [0.25, 0.3) is 22.4 Å². The maximum absolute atomic E-state index is 12.1. The highest BCUT2D eigenvalue weighted by Gasteiger charge is 2.30. The summed E-state index contributed by atoms with van der Waals surface area (Å²) in [7, 11) is 0. The average Bonchev–Trinajstić information content (AvgIpc) is 3.30. The normalized spacial score (nSPS) is 16.9. The average molecular weight is 333 g/mol. The molecule has 1 fully saturated rings. The summed E-state index contributed by atoms with van der Waals surface area (Å²) in [6.07, 6.45) is 0.879. The second kappa shape index (κ2) is 6.53. The highest BCUT2D eigenvalue weighted by molar-refractivity contribution is 5.99. The molecule has 1 aromatic heterocycles. The Hall–Kier alpha value is -2.92. The Kier molecular flexibility index (Phi) is 4.07. The molecule has 2 heterocycles. The van der Waals surface area contributed by atoms with Crippen molar-refractivity contribution in [3.63, 3.8) is 0 Å². The molecular formula is C20H19N3O2. The molecule has 25 heavy (non-hydrogen) atoms. The van der Waals surface area contributed by atoms with Gasteiger partial charge in [-0.25, -0.2) is 4.79 Å². The van der Waals surface area contributed by atoms with Crippen LogP contribution in [-0.4, -0.2) is 33.9 Å². The smallest absolute Gasteiger partial charge is 0.354 e. The van der Waals surface area contributed by atoms with Gasteiger partial charge < -0.3 is 10.4 Å². The van der Waals surface area contributed by atoms with Crippen LogP contribution in [0.5, 0.6) is 0 Å². The van der Waals surface area contributed by atoms with Crippen LogP contribution in [0.1, 0.15) is 23.0 Å². The molecule has 1 aliphatic heterocycles. The van der Waals surface area contributed by atoms with E-state index in [0.717, 1.165) is 36.3 Å². The molecule has 126 valence electrons. The third-order valence-electron chi connectivity index (χ3n) is 4.60. The SMILES string of the molecule is O=C(O)c1c(-c2ccccc2)c(-c2ccccc2)nn1C1CCNC1. The number of aromatic nitrogens is 2. The van der Waals surface area contributed by atoms with E-state index >= 15 is 0 Å². The molecule has 2 N–H and O–H groups in total. The maximum atomic E-state index is 12.1. The van der Waals surface area contributed by atoms with Gasteiger partial charge in [0.05, 0.1) is 6.04 Å². The Morgan fingerprint density at radius 1 is 1.04 bits per heavy atom. The number of carbonyl (C=O) groups is 1. The molecule has 0 aliphatic carbocycles. The molecule has 1 unspecified atom stereocenters. The highest BCUT2D eigenvalue weighted by atomic mass is 16.4. The van der Waals surface area contributed by atoms with E-state index in [9.17, 15) is 9.90 Å². The van der Waals surface area contributed by atoms with Crippen molar-refractivity contribution in [3.05, 3.63) is 66.4 Å². The maximum Gasteiger partial charge on any atom is 0.354 e. The lowest BCUT2D eigenvalue weighted by Gasteiger charge is -2.12. The minimum Gasteiger partial charge on any atom is -0.477 e. The van der Waals surface area contributed by atoms with E-state index in [4.69, 9.17) is 5.10 Å². The Balaban J connectivity index is 1.99. The molecular weight excluding hydrogens is 314 g/mol. The van der Waals surface area contributed by atoms with Gasteiger partial charge in [0.25, 0.3) is 0 Å². The molecule has 5 nitrogen and oxygen atoms in total. The molecule has 1 aliphatic rings. The number of nitrogens with one attached hydrogen (secondary N) is 1. The zero-order valence-corrected chi connectivity index (χ0v) is 13.7. The molecule has 3 aromatic rings. The Morgan fingerprint density at radius 3 is 2.24 bits per heavy atom. The highest BCUT2D eigenvalue weighted by Crippen LogP contribution is 2.36. The van der Waals surface area contributed by atoms with Crippen molar-refractivity contribution in [1.29, 1.82) is 0 Å². The number of aromatic carboxylic acids is 1. The minimum absolute atomic E-state index is 0.0611. The summed E-state index contributed by atoms with van der Waals surface area (Å²) in [5.41, 5.74) is 3.46. The third kappa shape index (κ3) is 2.83. The van der Waals surface area contributed by atoms with Gasteiger partial charge in [-0.1, -0.05) is 60.7 Å². The van der Waals surface area contributed by atoms with Crippen molar-refractivity contribution < 1.29 is 9.90 Å². The molecule has 0 radical (unpaired) electrons. The summed E-state index contributed by atoms with van der Waals surface area (Å²) in [5.74, 6) is -0.944. The van der Waals surface area contributed by atoms with E-state index in [2.05, 4.69) is 5.32 Å². The zero-order valence-electron chi connectivity index (χ0n) is 13.7. The number of hydrogen-bond donors (Lipinski definition) is 2. The van der Waals surface area contributed by atoms with E-state index in [1.165, 1.54) is 0 Å². The number of benzene rings is 2. The number of hydrogen-bond acceptors (Lipinski definition) is 3. The van der Waals surface area contributed by atoms with E-state index in [1.54, 1.807) is 4.68 Å². The van der Waals surface area contributed by atoms with Gasteiger partial charge in [-0.05, 0) is 18.5 Å². The van der Waals surface area contributed by atoms with Crippen LogP contribution in [-0.2, 0) is 0 Å². The van der Waals surface area contributed by atoms with Crippen molar-refractivity contribution >= 4 is 5.97 Å². The van der Waals surface area contributed by atoms with Gasteiger partial charge in [-0.2, -0.15) is 5.10 Å². The number of rotatable bonds is 4. The Morgan fingerprint density at radius 2 is 1.68 bits per heavy atom. The predicted octanol–water partition coefficient (Wildman–Crippen LogP) is 3.45. The van der Waals surface area contributed by atoms with Crippen molar-refractivity contribution in [1.82, 2.24) is 15.1 Å². The lowest BCUT2D eigenvalue weighted by molar-refractivity contribution is 0.0681. The van der Waals surface area contributed by atoms with Crippen molar-refractivity contribution in [2.45, 2.75) is 12.5 Å². The van der Waals surface area contributed by atoms with Gasteiger partial charge in [0.1, 0.15) is 5.69 Å². The summed E-state index contributed by atoms with van der Waals surface area (Å²) in [6, 6.07) is 19.5. The Bertz CT molecular complexity index is 882. The summed E-state index contributed by atoms with van der Waals surface area (Å²) < 4.78 is 1.70. The topological polar surface area (TPSA) is 67.1 Å². The van der Waals surface area contributed by atoms with Crippen LogP contribution in [0.15, 0.2) is 60.7 Å². The summed E-state index contributed by atoms with van der Waals surface area (Å²) in [4.78, 5) is 12.1. The largest absolute Gasteiger partial charge is 0.477 e. The van der Waals surface area contributed by atoms with Crippen LogP contribution in [0.2, 0.25) is 0 Å². The Labute approximate surface area is 145 Å². The van der Waals surface area contributed by atoms with Crippen molar-refractivity contribution in [3.8, 4) is 22.4 Å². The fraction of sp³-hybridized carbons (Fsp3) is 0.200. The lowest BCUT2D eigenvalue weighted by Crippen LogP contribution is -2.19. The van der Waals surface area contributed by atoms with Crippen LogP contribution in [0, 0.1) is 0 Å². The number of carboxylic acids is 1. The van der Waals surface area contributed by atoms with Gasteiger partial charge in [-0.3, -0.25) is 4.68 Å². The first kappa shape index (κ1) is 15.6. The van der Waals surface area contributed by atoms with E-state index in [1.807, 2.05) is 60.7 Å². The molecule has 5 heteroatoms. The first-order valence-electron chi connectivity index (χ1n) is 8.43. The van der Waals surface area contributed by atoms with Gasteiger partial charge in [0.15, 0.2) is 5.69 Å². The minimum atomic E-state index is -0.944. The lowest BCUT2D eigenvalue weighted by atomic mass is 9.98. The van der Waals surface area contributed by atoms with E-state index in [0.29, 0.717) is 5.56 Å². The molecule has 0 saturated carbocycles. The van der Waals surface area contributed by atoms with Crippen LogP contribution in [0.3, 0.4) is 0 Å². The van der Waals surface area contributed by atoms with Gasteiger partial charge in [0.2, 0.25) is 0 Å². The summed E-state index contributed by atoms with van der Waals surface area (Å²) >= 11 is 0. The second-order valence-electron chi connectivity index (χ2n) is 6.20. The van der Waals surface area contributed by atoms with Crippen LogP contribution in [0.4, 0.5) is 0 Å². The van der Waals surface area contributed by atoms with Crippen molar-refractivity contribution in [2.75, 3.05) is 13.1 Å². The molecule has 1 saturated heterocycles. The number of nitrogens with zero attached hydrogens (tertiary/aromatic N) is 2. The molecule has 2 aromatic carbocycles. The van der Waals surface area contributed by atoms with Gasteiger partial charge >= 0.3 is 5.97 Å². The van der Waals surface area contributed by atoms with E-state index < -0.39 is 5.97 Å². The molecule has 1 atom stereocenters. The zero-order chi connectivity index (χ0) is 17.2. The van der Waals surface area contributed by atoms with Crippen LogP contribution >= 0.6 is 0 Å². The first-order chi connectivity index (χ1) is 12.3. The predicted molar refractivity (Wildman–Crippen MR) is 96.6 cm³/mol. The van der Waals surface area contributed by atoms with Gasteiger partial charge in [-0.15, -0.1) is 0 Å². The second-order valence-corrected chi connectivity index (χ2v) is 6.20. The van der Waals surface area contributed by atoms with E-state index in [-0.39, 0.29) is 11.7 Å². The summed E-state index contributed by atoms with van der Waals surface area (Å²) in [6.45, 7) is 1.62. The standard InChI is InChI=1S/C20H19N3O2/c24-20(25)19-17(14-7-3-1-4-8-14)18(15-9-5-2-6-10-15)22-23(19)16-11-12-21-13-16/h1-10,16,21H,11-13H2,(H,24,25). The summed E-state index contributed by atoms with van der Waals surface area (Å²) in [5, 5.41) is 18.0. The fourth-order valence-corrected chi connectivity index (χ4v) is 3.43. The molecule has 0 bridgehead atoms. The number of carboxylic acid groups (broad SMARTS) is 1. The fourth-order valence-electron chi connectivity index (χ4n) is 3.43. The quantitative estimate of drug-likeness (QED) is 0.767. The van der Waals surface area contributed by atoms with Crippen LogP contribution < -0.4 is 5.32 Å². The molecule has 4 rings (SSSR count). The van der Waals surface area contributed by atoms with Gasteiger partial charge in [0, 0.05) is 17.7 Å². The monoisotopic (exact) mass is 333 g/mol. The first-order valence-corrected chi connectivity index (χ1v) is 8.43. The molecule has 0 amide bonds. The molecule has 0 spiro atoms.